The van der Waals surface area contributed by atoms with Gasteiger partial charge >= 0.3 is 0 Å². The number of aromatic nitrogens is 4. The van der Waals surface area contributed by atoms with E-state index in [-0.39, 0.29) is 0 Å². The molecule has 0 amide bonds. The average Bonchev–Trinajstić information content (AvgIpc) is 2.75. The summed E-state index contributed by atoms with van der Waals surface area (Å²) in [6, 6.07) is 6.05. The van der Waals surface area contributed by atoms with Crippen LogP contribution in [0, 0.1) is 0 Å². The fourth-order valence-electron chi connectivity index (χ4n) is 3.54. The molecule has 0 atom stereocenters. The molecule has 2 saturated heterocycles. The van der Waals surface area contributed by atoms with Crippen molar-refractivity contribution in [1.82, 2.24) is 25.1 Å². The molecule has 26 heavy (non-hydrogen) atoms. The quantitative estimate of drug-likeness (QED) is 0.796. The molecule has 0 N–H and O–H groups in total. The van der Waals surface area contributed by atoms with Gasteiger partial charge in [-0.05, 0) is 18.7 Å². The van der Waals surface area contributed by atoms with E-state index in [1.54, 1.807) is 6.20 Å². The monoisotopic (exact) mass is 354 g/mol. The lowest BCUT2D eigenvalue weighted by molar-refractivity contribution is 0.269. The van der Waals surface area contributed by atoms with E-state index in [9.17, 15) is 0 Å². The van der Waals surface area contributed by atoms with Gasteiger partial charge in [0.15, 0.2) is 5.82 Å². The molecule has 0 bridgehead atoms. The summed E-state index contributed by atoms with van der Waals surface area (Å²) in [5.74, 6) is 2.72. The smallest absolute Gasteiger partial charge is 0.247 e. The van der Waals surface area contributed by atoms with Crippen molar-refractivity contribution < 1.29 is 0 Å². The van der Waals surface area contributed by atoms with E-state index in [0.717, 1.165) is 76.5 Å². The minimum Gasteiger partial charge on any atom is -0.353 e. The topological polar surface area (TPSA) is 64.5 Å². The van der Waals surface area contributed by atoms with Gasteiger partial charge in [0.1, 0.15) is 5.82 Å². The summed E-state index contributed by atoms with van der Waals surface area (Å²) in [6.45, 7) is 11.1. The lowest BCUT2D eigenvalue weighted by atomic mass is 10.3. The van der Waals surface area contributed by atoms with Crippen LogP contribution >= 0.6 is 0 Å². The van der Waals surface area contributed by atoms with Crippen molar-refractivity contribution in [2.75, 3.05) is 73.6 Å². The van der Waals surface area contributed by atoms with Crippen molar-refractivity contribution in [2.45, 2.75) is 6.92 Å². The Balaban J connectivity index is 1.38. The summed E-state index contributed by atoms with van der Waals surface area (Å²) in [6.07, 6.45) is 3.63. The van der Waals surface area contributed by atoms with Gasteiger partial charge in [-0.15, -0.1) is 5.10 Å². The summed E-state index contributed by atoms with van der Waals surface area (Å²) in [5, 5.41) is 8.49. The number of anilines is 3. The van der Waals surface area contributed by atoms with Gasteiger partial charge in [0.05, 0.1) is 6.20 Å². The summed E-state index contributed by atoms with van der Waals surface area (Å²) in [4.78, 5) is 18.5. The number of hydrogen-bond acceptors (Lipinski definition) is 8. The van der Waals surface area contributed by atoms with E-state index >= 15 is 0 Å². The highest BCUT2D eigenvalue weighted by Crippen LogP contribution is 2.19. The Hall–Kier alpha value is -2.48. The Bertz CT molecular complexity index is 693. The van der Waals surface area contributed by atoms with Crippen LogP contribution < -0.4 is 14.7 Å². The van der Waals surface area contributed by atoms with E-state index in [4.69, 9.17) is 4.98 Å². The van der Waals surface area contributed by atoms with Crippen LogP contribution in [0.15, 0.2) is 30.6 Å². The summed E-state index contributed by atoms with van der Waals surface area (Å²) in [5.41, 5.74) is 0. The fourth-order valence-corrected chi connectivity index (χ4v) is 3.54. The van der Waals surface area contributed by atoms with Crippen molar-refractivity contribution in [3.05, 3.63) is 30.6 Å². The maximum atomic E-state index is 4.79. The predicted octanol–water partition coefficient (Wildman–Crippen LogP) is 0.735. The third-order valence-corrected chi connectivity index (χ3v) is 5.21. The molecule has 4 rings (SSSR count). The van der Waals surface area contributed by atoms with E-state index < -0.39 is 0 Å². The van der Waals surface area contributed by atoms with Crippen LogP contribution in [0.3, 0.4) is 0 Å². The molecule has 2 aromatic rings. The molecule has 2 aromatic heterocycles. The Morgan fingerprint density at radius 3 is 2.19 bits per heavy atom. The molecule has 0 aromatic carbocycles. The van der Waals surface area contributed by atoms with Gasteiger partial charge in [0.25, 0.3) is 0 Å². The van der Waals surface area contributed by atoms with Gasteiger partial charge in [-0.1, -0.05) is 13.0 Å². The second-order valence-electron chi connectivity index (χ2n) is 6.70. The molecule has 0 aliphatic carbocycles. The van der Waals surface area contributed by atoms with Gasteiger partial charge in [0, 0.05) is 58.6 Å². The first-order valence-corrected chi connectivity index (χ1v) is 9.41. The van der Waals surface area contributed by atoms with Crippen LogP contribution in [0.2, 0.25) is 0 Å². The summed E-state index contributed by atoms with van der Waals surface area (Å²) < 4.78 is 0. The van der Waals surface area contributed by atoms with Crippen LogP contribution in [-0.2, 0) is 0 Å². The van der Waals surface area contributed by atoms with Crippen LogP contribution in [0.1, 0.15) is 6.92 Å². The minimum absolute atomic E-state index is 0.755. The third kappa shape index (κ3) is 3.70. The first-order chi connectivity index (χ1) is 12.8. The normalized spacial score (nSPS) is 19.0. The van der Waals surface area contributed by atoms with Crippen molar-refractivity contribution in [3.8, 4) is 0 Å². The SMILES string of the molecule is CCN1CCN(c2nncc(N3CCN(c4ccccn4)CC3)n2)CC1. The zero-order valence-corrected chi connectivity index (χ0v) is 15.3. The van der Waals surface area contributed by atoms with Gasteiger partial charge < -0.3 is 19.6 Å². The maximum Gasteiger partial charge on any atom is 0.247 e. The Morgan fingerprint density at radius 2 is 1.54 bits per heavy atom. The Morgan fingerprint density at radius 1 is 0.846 bits per heavy atom. The van der Waals surface area contributed by atoms with Crippen LogP contribution in [0.4, 0.5) is 17.6 Å². The molecule has 0 spiro atoms. The number of rotatable bonds is 4. The van der Waals surface area contributed by atoms with Crippen LogP contribution in [0.25, 0.3) is 0 Å². The molecular formula is C18H26N8. The molecule has 8 nitrogen and oxygen atoms in total. The van der Waals surface area contributed by atoms with Gasteiger partial charge in [-0.25, -0.2) is 4.98 Å². The van der Waals surface area contributed by atoms with Crippen molar-refractivity contribution in [1.29, 1.82) is 0 Å². The van der Waals surface area contributed by atoms with E-state index in [1.165, 1.54) is 0 Å². The first-order valence-electron chi connectivity index (χ1n) is 9.41. The Kier molecular flexibility index (Phi) is 5.10. The fraction of sp³-hybridized carbons (Fsp3) is 0.556. The van der Waals surface area contributed by atoms with Gasteiger partial charge in [-0.3, -0.25) is 0 Å². The highest BCUT2D eigenvalue weighted by atomic mass is 15.4. The van der Waals surface area contributed by atoms with Crippen molar-refractivity contribution in [3.63, 3.8) is 0 Å². The molecule has 8 heteroatoms. The standard InChI is InChI=1S/C18H26N8/c1-2-23-7-9-26(10-8-23)18-21-17(15-20-22-18)25-13-11-24(12-14-25)16-5-3-4-6-19-16/h3-6,15H,2,7-14H2,1H3. The Labute approximate surface area is 154 Å². The highest BCUT2D eigenvalue weighted by Gasteiger charge is 2.22. The molecular weight excluding hydrogens is 328 g/mol. The molecule has 2 fully saturated rings. The highest BCUT2D eigenvalue weighted by molar-refractivity contribution is 5.46. The first kappa shape index (κ1) is 17.0. The molecule has 4 heterocycles. The average molecular weight is 354 g/mol. The van der Waals surface area contributed by atoms with E-state index in [1.807, 2.05) is 18.3 Å². The maximum absolute atomic E-state index is 4.79. The van der Waals surface area contributed by atoms with Crippen LogP contribution in [0.5, 0.6) is 0 Å². The zero-order valence-electron chi connectivity index (χ0n) is 15.3. The van der Waals surface area contributed by atoms with Crippen molar-refractivity contribution in [2.24, 2.45) is 0 Å². The summed E-state index contributed by atoms with van der Waals surface area (Å²) in [7, 11) is 0. The number of pyridine rings is 1. The third-order valence-electron chi connectivity index (χ3n) is 5.21. The second-order valence-corrected chi connectivity index (χ2v) is 6.70. The van der Waals surface area contributed by atoms with Gasteiger partial charge in [-0.2, -0.15) is 10.1 Å². The molecule has 138 valence electrons. The lowest BCUT2D eigenvalue weighted by Crippen LogP contribution is -2.48. The molecule has 0 saturated carbocycles. The van der Waals surface area contributed by atoms with Gasteiger partial charge in [0.2, 0.25) is 5.95 Å². The number of nitrogens with zero attached hydrogens (tertiary/aromatic N) is 8. The van der Waals surface area contributed by atoms with Crippen LogP contribution in [-0.4, -0.2) is 84.0 Å². The minimum atomic E-state index is 0.755. The molecule has 0 radical (unpaired) electrons. The predicted molar refractivity (Wildman–Crippen MR) is 103 cm³/mol. The largest absolute Gasteiger partial charge is 0.353 e. The van der Waals surface area contributed by atoms with E-state index in [0.29, 0.717) is 0 Å². The second kappa shape index (κ2) is 7.82. The molecule has 2 aliphatic rings. The molecule has 2 aliphatic heterocycles. The number of piperazine rings is 2. The number of likely N-dealkylation sites (N-methyl/N-ethyl adjacent to an activating group) is 1. The van der Waals surface area contributed by atoms with E-state index in [2.05, 4.69) is 47.8 Å². The zero-order chi connectivity index (χ0) is 17.8. The lowest BCUT2D eigenvalue weighted by Gasteiger charge is -2.36. The molecule has 0 unspecified atom stereocenters. The van der Waals surface area contributed by atoms with Crippen molar-refractivity contribution >= 4 is 17.6 Å². The summed E-state index contributed by atoms with van der Waals surface area (Å²) >= 11 is 0. The number of hydrogen-bond donors (Lipinski definition) is 0.